The van der Waals surface area contributed by atoms with Crippen LogP contribution in [0.15, 0.2) is 42.5 Å². The van der Waals surface area contributed by atoms with Gasteiger partial charge in [0.25, 0.3) is 0 Å². The fourth-order valence-corrected chi connectivity index (χ4v) is 5.57. The van der Waals surface area contributed by atoms with Crippen molar-refractivity contribution in [3.8, 4) is 11.1 Å². The third-order valence-electron chi connectivity index (χ3n) is 7.82. The number of aryl methyl sites for hydroxylation is 1. The maximum absolute atomic E-state index is 6.05. The lowest BCUT2D eigenvalue weighted by Gasteiger charge is -2.30. The van der Waals surface area contributed by atoms with Gasteiger partial charge in [0.05, 0.1) is 13.2 Å². The Balaban J connectivity index is 1.35. The highest BCUT2D eigenvalue weighted by atomic mass is 16.7. The molecule has 1 heterocycles. The van der Waals surface area contributed by atoms with Crippen LogP contribution >= 0.6 is 0 Å². The SMILES string of the molecule is CCCCCC1COC(c2ccc(-c3ccc(C4CCC(CC)CC4)cc3C)cc2)OC1. The van der Waals surface area contributed by atoms with Crippen LogP contribution in [0.5, 0.6) is 0 Å². The molecular formula is C30H42O2. The standard InChI is InChI=1S/C30H42O2/c1-4-6-7-8-24-20-31-30(32-21-24)27-15-13-26(14-16-27)29-18-17-28(19-22(29)3)25-11-9-23(5-2)10-12-25/h13-19,23-25,30H,4-12,20-21H2,1-3H3. The Hall–Kier alpha value is -1.64. The molecule has 32 heavy (non-hydrogen) atoms. The summed E-state index contributed by atoms with van der Waals surface area (Å²) in [7, 11) is 0. The summed E-state index contributed by atoms with van der Waals surface area (Å²) in [6, 6.07) is 16.0. The predicted molar refractivity (Wildman–Crippen MR) is 134 cm³/mol. The van der Waals surface area contributed by atoms with Gasteiger partial charge in [-0.05, 0) is 73.1 Å². The van der Waals surface area contributed by atoms with E-state index in [-0.39, 0.29) is 6.29 Å². The second kappa shape index (κ2) is 11.5. The van der Waals surface area contributed by atoms with Crippen molar-refractivity contribution in [2.24, 2.45) is 11.8 Å². The molecule has 2 nitrogen and oxygen atoms in total. The molecule has 174 valence electrons. The average Bonchev–Trinajstić information content (AvgIpc) is 2.85. The van der Waals surface area contributed by atoms with E-state index in [1.54, 1.807) is 0 Å². The molecule has 1 saturated carbocycles. The summed E-state index contributed by atoms with van der Waals surface area (Å²) in [5.74, 6) is 2.25. The zero-order valence-corrected chi connectivity index (χ0v) is 20.4. The van der Waals surface area contributed by atoms with E-state index < -0.39 is 0 Å². The summed E-state index contributed by atoms with van der Waals surface area (Å²) in [6.07, 6.45) is 11.7. The zero-order valence-electron chi connectivity index (χ0n) is 20.4. The molecule has 0 atom stereocenters. The molecule has 0 unspecified atom stereocenters. The van der Waals surface area contributed by atoms with Crippen molar-refractivity contribution in [2.75, 3.05) is 13.2 Å². The molecular weight excluding hydrogens is 392 g/mol. The Bertz CT molecular complexity index is 824. The molecule has 1 aliphatic carbocycles. The maximum atomic E-state index is 6.05. The molecule has 0 spiro atoms. The van der Waals surface area contributed by atoms with E-state index >= 15 is 0 Å². The summed E-state index contributed by atoms with van der Waals surface area (Å²) in [5, 5.41) is 0. The summed E-state index contributed by atoms with van der Waals surface area (Å²) in [6.45, 7) is 8.49. The highest BCUT2D eigenvalue weighted by Gasteiger charge is 2.24. The van der Waals surface area contributed by atoms with E-state index in [1.165, 1.54) is 80.0 Å². The lowest BCUT2D eigenvalue weighted by Crippen LogP contribution is -2.27. The third-order valence-corrected chi connectivity index (χ3v) is 7.82. The minimum absolute atomic E-state index is 0.215. The van der Waals surface area contributed by atoms with Crippen LogP contribution in [0, 0.1) is 18.8 Å². The lowest BCUT2D eigenvalue weighted by atomic mass is 9.77. The Morgan fingerprint density at radius 1 is 0.781 bits per heavy atom. The van der Waals surface area contributed by atoms with Gasteiger partial charge in [0, 0.05) is 11.5 Å². The molecule has 2 aromatic carbocycles. The molecule has 0 aromatic heterocycles. The maximum Gasteiger partial charge on any atom is 0.183 e. The normalized spacial score (nSPS) is 26.2. The van der Waals surface area contributed by atoms with Crippen LogP contribution < -0.4 is 0 Å². The van der Waals surface area contributed by atoms with Crippen LogP contribution in [0.4, 0.5) is 0 Å². The molecule has 0 amide bonds. The second-order valence-electron chi connectivity index (χ2n) is 10.2. The van der Waals surface area contributed by atoms with Crippen molar-refractivity contribution in [3.05, 3.63) is 59.2 Å². The molecule has 2 heteroatoms. The van der Waals surface area contributed by atoms with Crippen molar-refractivity contribution in [1.29, 1.82) is 0 Å². The van der Waals surface area contributed by atoms with Crippen molar-refractivity contribution in [3.63, 3.8) is 0 Å². The van der Waals surface area contributed by atoms with Crippen molar-refractivity contribution < 1.29 is 9.47 Å². The predicted octanol–water partition coefficient (Wildman–Crippen LogP) is 8.59. The van der Waals surface area contributed by atoms with Crippen LogP contribution in [0.2, 0.25) is 0 Å². The zero-order chi connectivity index (χ0) is 22.3. The molecule has 2 fully saturated rings. The van der Waals surface area contributed by atoms with E-state index in [2.05, 4.69) is 63.2 Å². The third kappa shape index (κ3) is 5.83. The Morgan fingerprint density at radius 3 is 2.09 bits per heavy atom. The van der Waals surface area contributed by atoms with Gasteiger partial charge in [-0.2, -0.15) is 0 Å². The minimum atomic E-state index is -0.215. The van der Waals surface area contributed by atoms with Crippen LogP contribution in [-0.4, -0.2) is 13.2 Å². The van der Waals surface area contributed by atoms with E-state index in [4.69, 9.17) is 9.47 Å². The molecule has 2 aliphatic rings. The van der Waals surface area contributed by atoms with Gasteiger partial charge in [0.15, 0.2) is 6.29 Å². The van der Waals surface area contributed by atoms with Crippen LogP contribution in [0.1, 0.15) is 101 Å². The summed E-state index contributed by atoms with van der Waals surface area (Å²) < 4.78 is 12.1. The van der Waals surface area contributed by atoms with Gasteiger partial charge in [0.2, 0.25) is 0 Å². The van der Waals surface area contributed by atoms with Crippen molar-refractivity contribution >= 4 is 0 Å². The van der Waals surface area contributed by atoms with Crippen molar-refractivity contribution in [1.82, 2.24) is 0 Å². The van der Waals surface area contributed by atoms with Gasteiger partial charge in [-0.3, -0.25) is 0 Å². The number of rotatable bonds is 8. The first kappa shape index (κ1) is 23.5. The molecule has 0 N–H and O–H groups in total. The van der Waals surface area contributed by atoms with Gasteiger partial charge in [0.1, 0.15) is 0 Å². The largest absolute Gasteiger partial charge is 0.348 e. The van der Waals surface area contributed by atoms with E-state index in [9.17, 15) is 0 Å². The van der Waals surface area contributed by atoms with Gasteiger partial charge < -0.3 is 9.47 Å². The molecule has 0 bridgehead atoms. The fraction of sp³-hybridized carbons (Fsp3) is 0.600. The van der Waals surface area contributed by atoms with Gasteiger partial charge >= 0.3 is 0 Å². The molecule has 0 radical (unpaired) electrons. The monoisotopic (exact) mass is 434 g/mol. The second-order valence-corrected chi connectivity index (χ2v) is 10.2. The Labute approximate surface area is 195 Å². The highest BCUT2D eigenvalue weighted by Crippen LogP contribution is 2.38. The first-order valence-electron chi connectivity index (χ1n) is 13.1. The minimum Gasteiger partial charge on any atom is -0.348 e. The molecule has 2 aromatic rings. The number of hydrogen-bond acceptors (Lipinski definition) is 2. The summed E-state index contributed by atoms with van der Waals surface area (Å²) in [4.78, 5) is 0. The quantitative estimate of drug-likeness (QED) is 0.387. The molecule has 1 saturated heterocycles. The first-order valence-corrected chi connectivity index (χ1v) is 13.1. The van der Waals surface area contributed by atoms with Crippen molar-refractivity contribution in [2.45, 2.75) is 90.8 Å². The van der Waals surface area contributed by atoms with Crippen LogP contribution in [0.25, 0.3) is 11.1 Å². The van der Waals surface area contributed by atoms with Gasteiger partial charge in [-0.1, -0.05) is 82.0 Å². The molecule has 4 rings (SSSR count). The van der Waals surface area contributed by atoms with Crippen LogP contribution in [0.3, 0.4) is 0 Å². The van der Waals surface area contributed by atoms with Crippen LogP contribution in [-0.2, 0) is 9.47 Å². The number of ether oxygens (including phenoxy) is 2. The number of benzene rings is 2. The number of hydrogen-bond donors (Lipinski definition) is 0. The Kier molecular flexibility index (Phi) is 8.43. The number of unbranched alkanes of at least 4 members (excludes halogenated alkanes) is 2. The first-order chi connectivity index (χ1) is 15.7. The topological polar surface area (TPSA) is 18.5 Å². The smallest absolute Gasteiger partial charge is 0.183 e. The Morgan fingerprint density at radius 2 is 1.47 bits per heavy atom. The molecule has 1 aliphatic heterocycles. The summed E-state index contributed by atoms with van der Waals surface area (Å²) in [5.41, 5.74) is 6.66. The summed E-state index contributed by atoms with van der Waals surface area (Å²) >= 11 is 0. The van der Waals surface area contributed by atoms with Gasteiger partial charge in [-0.15, -0.1) is 0 Å². The average molecular weight is 435 g/mol. The highest BCUT2D eigenvalue weighted by molar-refractivity contribution is 5.68. The fourth-order valence-electron chi connectivity index (χ4n) is 5.57. The van der Waals surface area contributed by atoms with E-state index in [0.29, 0.717) is 5.92 Å². The van der Waals surface area contributed by atoms with E-state index in [0.717, 1.165) is 30.6 Å². The van der Waals surface area contributed by atoms with Gasteiger partial charge in [-0.25, -0.2) is 0 Å². The van der Waals surface area contributed by atoms with E-state index in [1.807, 2.05) is 0 Å². The lowest BCUT2D eigenvalue weighted by molar-refractivity contribution is -0.206.